The van der Waals surface area contributed by atoms with Crippen LogP contribution in [0.25, 0.3) is 10.9 Å². The molecule has 0 aliphatic rings. The predicted octanol–water partition coefficient (Wildman–Crippen LogP) is 3.05. The molecule has 3 N–H and O–H groups in total. The Bertz CT molecular complexity index is 897. The second-order valence-corrected chi connectivity index (χ2v) is 6.59. The van der Waals surface area contributed by atoms with E-state index < -0.39 is 0 Å². The number of guanidine groups is 1. The lowest BCUT2D eigenvalue weighted by molar-refractivity contribution is 0.632. The molecule has 2 aromatic heterocycles. The van der Waals surface area contributed by atoms with Crippen molar-refractivity contribution in [1.29, 1.82) is 0 Å². The minimum atomic E-state index is 0. The first kappa shape index (κ1) is 22.2. The van der Waals surface area contributed by atoms with Gasteiger partial charge in [-0.2, -0.15) is 0 Å². The lowest BCUT2D eigenvalue weighted by atomic mass is 10.1. The van der Waals surface area contributed by atoms with Crippen LogP contribution in [0.5, 0.6) is 0 Å². The maximum absolute atomic E-state index is 4.71. The monoisotopic (exact) mass is 495 g/mol. The highest BCUT2D eigenvalue weighted by atomic mass is 127. The third-order valence-electron chi connectivity index (χ3n) is 4.58. The van der Waals surface area contributed by atoms with Crippen molar-refractivity contribution >= 4 is 40.8 Å². The van der Waals surface area contributed by atoms with Gasteiger partial charge in [0.2, 0.25) is 0 Å². The molecule has 0 bridgehead atoms. The summed E-state index contributed by atoms with van der Waals surface area (Å²) in [5, 5.41) is 16.1. The van der Waals surface area contributed by atoms with Gasteiger partial charge in [0.05, 0.1) is 0 Å². The summed E-state index contributed by atoms with van der Waals surface area (Å²) in [7, 11) is 0. The van der Waals surface area contributed by atoms with Crippen molar-refractivity contribution in [3.8, 4) is 0 Å². The molecular weight excluding hydrogens is 465 g/mol. The van der Waals surface area contributed by atoms with E-state index in [1.807, 2.05) is 0 Å². The molecule has 0 aliphatic carbocycles. The van der Waals surface area contributed by atoms with Gasteiger partial charge in [-0.15, -0.1) is 34.2 Å². The van der Waals surface area contributed by atoms with Gasteiger partial charge in [-0.25, -0.2) is 0 Å². The zero-order valence-electron chi connectivity index (χ0n) is 16.8. The lowest BCUT2D eigenvalue weighted by Gasteiger charge is -2.12. The predicted molar refractivity (Wildman–Crippen MR) is 126 cm³/mol. The summed E-state index contributed by atoms with van der Waals surface area (Å²) in [4.78, 5) is 8.07. The zero-order valence-corrected chi connectivity index (χ0v) is 19.2. The Labute approximate surface area is 183 Å². The van der Waals surface area contributed by atoms with E-state index in [1.54, 1.807) is 6.33 Å². The number of hydrogen-bond acceptors (Lipinski definition) is 3. The van der Waals surface area contributed by atoms with Crippen LogP contribution in [0.4, 0.5) is 0 Å². The maximum atomic E-state index is 4.71. The molecule has 0 amide bonds. The summed E-state index contributed by atoms with van der Waals surface area (Å²) in [6.45, 7) is 9.46. The second-order valence-electron chi connectivity index (χ2n) is 6.59. The third kappa shape index (κ3) is 5.70. The van der Waals surface area contributed by atoms with Crippen molar-refractivity contribution in [3.05, 3.63) is 47.7 Å². The van der Waals surface area contributed by atoms with Gasteiger partial charge in [-0.3, -0.25) is 4.99 Å². The minimum absolute atomic E-state index is 0. The normalized spacial score (nSPS) is 11.5. The summed E-state index contributed by atoms with van der Waals surface area (Å²) < 4.78 is 2.07. The van der Waals surface area contributed by atoms with Crippen molar-refractivity contribution in [2.24, 2.45) is 4.99 Å². The Morgan fingerprint density at radius 3 is 2.89 bits per heavy atom. The quantitative estimate of drug-likeness (QED) is 0.255. The molecule has 1 aromatic carbocycles. The molecule has 0 unspecified atom stereocenters. The Kier molecular flexibility index (Phi) is 8.75. The molecule has 0 atom stereocenters. The average molecular weight is 495 g/mol. The molecule has 3 aromatic rings. The largest absolute Gasteiger partial charge is 0.361 e. The van der Waals surface area contributed by atoms with E-state index in [9.17, 15) is 0 Å². The summed E-state index contributed by atoms with van der Waals surface area (Å²) in [6.07, 6.45) is 5.67. The average Bonchev–Trinajstić information content (AvgIpc) is 3.28. The Morgan fingerprint density at radius 2 is 2.11 bits per heavy atom. The molecule has 0 aliphatic heterocycles. The molecule has 0 saturated carbocycles. The van der Waals surface area contributed by atoms with Crippen molar-refractivity contribution in [2.75, 3.05) is 19.6 Å². The van der Waals surface area contributed by atoms with E-state index in [4.69, 9.17) is 4.99 Å². The molecule has 7 nitrogen and oxygen atoms in total. The van der Waals surface area contributed by atoms with Crippen molar-refractivity contribution in [2.45, 2.75) is 40.2 Å². The van der Waals surface area contributed by atoms with Crippen LogP contribution in [0.3, 0.4) is 0 Å². The van der Waals surface area contributed by atoms with Crippen LogP contribution in [0.1, 0.15) is 30.8 Å². The highest BCUT2D eigenvalue weighted by Crippen LogP contribution is 2.19. The van der Waals surface area contributed by atoms with E-state index in [-0.39, 0.29) is 24.0 Å². The lowest BCUT2D eigenvalue weighted by Crippen LogP contribution is -2.39. The number of aliphatic imine (C=N–C) groups is 1. The topological polar surface area (TPSA) is 82.9 Å². The number of fused-ring (bicyclic) bond motifs is 1. The summed E-state index contributed by atoms with van der Waals surface area (Å²) in [5.41, 5.74) is 3.77. The number of aromatic amines is 1. The highest BCUT2D eigenvalue weighted by Gasteiger charge is 2.05. The zero-order chi connectivity index (χ0) is 19.1. The van der Waals surface area contributed by atoms with Crippen molar-refractivity contribution in [3.63, 3.8) is 0 Å². The smallest absolute Gasteiger partial charge is 0.191 e. The number of nitrogens with one attached hydrogen (secondary N) is 3. The first-order valence-electron chi connectivity index (χ1n) is 9.66. The van der Waals surface area contributed by atoms with E-state index in [0.29, 0.717) is 0 Å². The second kappa shape index (κ2) is 11.0. The molecule has 0 fully saturated rings. The van der Waals surface area contributed by atoms with Crippen LogP contribution in [0.2, 0.25) is 0 Å². The standard InChI is InChI=1S/C20H29N7.HI/c1-4-19-26-25-14-27(19)11-10-23-20(21-5-2)22-9-8-16-13-24-18-12-15(3)6-7-17(16)18;/h6-7,12-14,24H,4-5,8-11H2,1-3H3,(H2,21,22,23);1H. The van der Waals surface area contributed by atoms with Gasteiger partial charge in [-0.1, -0.05) is 19.1 Å². The first-order chi connectivity index (χ1) is 13.2. The number of H-pyrrole nitrogens is 1. The molecule has 2 heterocycles. The molecule has 8 heteroatoms. The van der Waals surface area contributed by atoms with Gasteiger partial charge in [-0.05, 0) is 37.5 Å². The molecule has 0 saturated heterocycles. The van der Waals surface area contributed by atoms with Gasteiger partial charge in [0.1, 0.15) is 12.2 Å². The number of halogens is 1. The van der Waals surface area contributed by atoms with Crippen LogP contribution in [-0.4, -0.2) is 45.3 Å². The van der Waals surface area contributed by atoms with Crippen LogP contribution < -0.4 is 10.6 Å². The molecule has 28 heavy (non-hydrogen) atoms. The van der Waals surface area contributed by atoms with Gasteiger partial charge in [0.15, 0.2) is 5.96 Å². The van der Waals surface area contributed by atoms with E-state index in [0.717, 1.165) is 50.8 Å². The molecule has 152 valence electrons. The summed E-state index contributed by atoms with van der Waals surface area (Å²) in [6, 6.07) is 6.53. The third-order valence-corrected chi connectivity index (χ3v) is 4.58. The van der Waals surface area contributed by atoms with E-state index in [1.165, 1.54) is 22.0 Å². The van der Waals surface area contributed by atoms with Crippen LogP contribution in [-0.2, 0) is 19.4 Å². The fourth-order valence-electron chi connectivity index (χ4n) is 3.17. The number of aryl methyl sites for hydroxylation is 2. The van der Waals surface area contributed by atoms with Crippen molar-refractivity contribution in [1.82, 2.24) is 30.4 Å². The molecule has 0 radical (unpaired) electrons. The molecule has 3 rings (SSSR count). The summed E-state index contributed by atoms with van der Waals surface area (Å²) in [5.74, 6) is 1.85. The molecule has 0 spiro atoms. The molecular formula is C20H30IN7. The highest BCUT2D eigenvalue weighted by molar-refractivity contribution is 14.0. The van der Waals surface area contributed by atoms with E-state index >= 15 is 0 Å². The Morgan fingerprint density at radius 1 is 1.25 bits per heavy atom. The van der Waals surface area contributed by atoms with E-state index in [2.05, 4.69) is 75.5 Å². The van der Waals surface area contributed by atoms with Crippen LogP contribution in [0.15, 0.2) is 35.7 Å². The number of nitrogens with zero attached hydrogens (tertiary/aromatic N) is 4. The number of rotatable bonds is 8. The fraction of sp³-hybridized carbons (Fsp3) is 0.450. The maximum Gasteiger partial charge on any atom is 0.191 e. The van der Waals surface area contributed by atoms with Gasteiger partial charge >= 0.3 is 0 Å². The fourth-order valence-corrected chi connectivity index (χ4v) is 3.17. The number of hydrogen-bond donors (Lipinski definition) is 3. The Hall–Kier alpha value is -2.10. The summed E-state index contributed by atoms with van der Waals surface area (Å²) >= 11 is 0. The van der Waals surface area contributed by atoms with Crippen LogP contribution >= 0.6 is 24.0 Å². The van der Waals surface area contributed by atoms with Crippen molar-refractivity contribution < 1.29 is 0 Å². The minimum Gasteiger partial charge on any atom is -0.361 e. The number of aromatic nitrogens is 4. The Balaban J connectivity index is 0.00000280. The van der Waals surface area contributed by atoms with Gasteiger partial charge in [0, 0.05) is 49.7 Å². The SMILES string of the molecule is CCNC(=NCCc1c[nH]c2cc(C)ccc12)NCCn1cnnc1CC.I. The first-order valence-corrected chi connectivity index (χ1v) is 9.66. The van der Waals surface area contributed by atoms with Gasteiger partial charge in [0.25, 0.3) is 0 Å². The van der Waals surface area contributed by atoms with Crippen LogP contribution in [0, 0.1) is 6.92 Å². The van der Waals surface area contributed by atoms with Gasteiger partial charge < -0.3 is 20.2 Å². The number of benzene rings is 1.